The molecule has 0 aliphatic carbocycles. The molecule has 0 amide bonds. The standard InChI is InChI=1S/C9H17N/c1-4-9-8(2)6-5-7-10(9)3/h4,8H,5-7H2,1-3H3. The Morgan fingerprint density at radius 2 is 2.30 bits per heavy atom. The van der Waals surface area contributed by atoms with Gasteiger partial charge >= 0.3 is 0 Å². The van der Waals surface area contributed by atoms with E-state index in [-0.39, 0.29) is 0 Å². The Hall–Kier alpha value is -0.460. The van der Waals surface area contributed by atoms with Crippen molar-refractivity contribution in [3.8, 4) is 0 Å². The Balaban J connectivity index is 2.63. The van der Waals surface area contributed by atoms with E-state index in [1.54, 1.807) is 0 Å². The molecule has 0 saturated carbocycles. The number of hydrogen-bond donors (Lipinski definition) is 0. The van der Waals surface area contributed by atoms with Gasteiger partial charge in [0.2, 0.25) is 0 Å². The lowest BCUT2D eigenvalue weighted by Gasteiger charge is -2.32. The minimum atomic E-state index is 0.781. The van der Waals surface area contributed by atoms with Gasteiger partial charge in [-0.25, -0.2) is 0 Å². The number of likely N-dealkylation sites (tertiary alicyclic amines) is 1. The molecule has 0 spiro atoms. The molecule has 0 aromatic heterocycles. The van der Waals surface area contributed by atoms with E-state index in [2.05, 4.69) is 31.9 Å². The van der Waals surface area contributed by atoms with Crippen LogP contribution in [0.15, 0.2) is 11.8 Å². The van der Waals surface area contributed by atoms with E-state index in [0.717, 1.165) is 5.92 Å². The van der Waals surface area contributed by atoms with Gasteiger partial charge in [0, 0.05) is 19.3 Å². The SMILES string of the molecule is CC=C1C(C)CCCN1C. The summed E-state index contributed by atoms with van der Waals surface area (Å²) in [5.41, 5.74) is 1.52. The summed E-state index contributed by atoms with van der Waals surface area (Å²) in [5, 5.41) is 0. The Morgan fingerprint density at radius 1 is 1.60 bits per heavy atom. The molecule has 1 aliphatic heterocycles. The Labute approximate surface area is 63.7 Å². The van der Waals surface area contributed by atoms with Crippen LogP contribution in [0.3, 0.4) is 0 Å². The molecule has 1 unspecified atom stereocenters. The van der Waals surface area contributed by atoms with Crippen LogP contribution in [0.1, 0.15) is 26.7 Å². The molecule has 10 heavy (non-hydrogen) atoms. The smallest absolute Gasteiger partial charge is 0.0171 e. The predicted molar refractivity (Wildman–Crippen MR) is 44.8 cm³/mol. The third-order valence-corrected chi connectivity index (χ3v) is 2.37. The van der Waals surface area contributed by atoms with Crippen molar-refractivity contribution < 1.29 is 0 Å². The average molecular weight is 139 g/mol. The average Bonchev–Trinajstić information content (AvgIpc) is 1.88. The maximum Gasteiger partial charge on any atom is 0.0171 e. The highest BCUT2D eigenvalue weighted by atomic mass is 15.1. The van der Waals surface area contributed by atoms with Crippen LogP contribution in [-0.2, 0) is 0 Å². The molecule has 1 fully saturated rings. The second kappa shape index (κ2) is 3.09. The molecule has 1 heterocycles. The van der Waals surface area contributed by atoms with Crippen LogP contribution in [0, 0.1) is 5.92 Å². The summed E-state index contributed by atoms with van der Waals surface area (Å²) in [6.45, 7) is 5.68. The summed E-state index contributed by atoms with van der Waals surface area (Å²) in [6, 6.07) is 0. The molecule has 1 nitrogen and oxygen atoms in total. The highest BCUT2D eigenvalue weighted by Crippen LogP contribution is 2.24. The van der Waals surface area contributed by atoms with Gasteiger partial charge in [-0.3, -0.25) is 0 Å². The van der Waals surface area contributed by atoms with Crippen molar-refractivity contribution in [3.63, 3.8) is 0 Å². The molecule has 1 rings (SSSR count). The second-order valence-electron chi connectivity index (χ2n) is 3.18. The second-order valence-corrected chi connectivity index (χ2v) is 3.18. The van der Waals surface area contributed by atoms with Gasteiger partial charge in [-0.15, -0.1) is 0 Å². The van der Waals surface area contributed by atoms with E-state index in [4.69, 9.17) is 0 Å². The summed E-state index contributed by atoms with van der Waals surface area (Å²) >= 11 is 0. The first kappa shape index (κ1) is 7.64. The minimum absolute atomic E-state index is 0.781. The van der Waals surface area contributed by atoms with Gasteiger partial charge in [-0.05, 0) is 25.7 Å². The van der Waals surface area contributed by atoms with Crippen LogP contribution in [0.25, 0.3) is 0 Å². The largest absolute Gasteiger partial charge is 0.378 e. The maximum atomic E-state index is 2.37. The van der Waals surface area contributed by atoms with Crippen molar-refractivity contribution in [2.45, 2.75) is 26.7 Å². The van der Waals surface area contributed by atoms with Gasteiger partial charge in [0.05, 0.1) is 0 Å². The van der Waals surface area contributed by atoms with Crippen molar-refractivity contribution in [2.75, 3.05) is 13.6 Å². The van der Waals surface area contributed by atoms with Crippen molar-refractivity contribution in [2.24, 2.45) is 5.92 Å². The van der Waals surface area contributed by atoms with Crippen molar-refractivity contribution in [1.82, 2.24) is 4.90 Å². The van der Waals surface area contributed by atoms with Crippen LogP contribution < -0.4 is 0 Å². The van der Waals surface area contributed by atoms with Crippen LogP contribution in [-0.4, -0.2) is 18.5 Å². The Morgan fingerprint density at radius 3 is 2.70 bits per heavy atom. The number of rotatable bonds is 0. The van der Waals surface area contributed by atoms with Gasteiger partial charge in [-0.2, -0.15) is 0 Å². The van der Waals surface area contributed by atoms with E-state index in [1.165, 1.54) is 25.1 Å². The molecule has 0 bridgehead atoms. The molecule has 0 aromatic carbocycles. The zero-order valence-electron chi connectivity index (χ0n) is 7.22. The molecular formula is C9H17N. The highest BCUT2D eigenvalue weighted by molar-refractivity contribution is 5.04. The lowest BCUT2D eigenvalue weighted by atomic mass is 9.96. The molecule has 0 radical (unpaired) electrons. The van der Waals surface area contributed by atoms with Gasteiger partial charge in [0.1, 0.15) is 0 Å². The number of nitrogens with zero attached hydrogens (tertiary/aromatic N) is 1. The summed E-state index contributed by atoms with van der Waals surface area (Å²) in [4.78, 5) is 2.37. The van der Waals surface area contributed by atoms with Crippen LogP contribution in [0.4, 0.5) is 0 Å². The van der Waals surface area contributed by atoms with Crippen molar-refractivity contribution in [3.05, 3.63) is 11.8 Å². The first-order chi connectivity index (χ1) is 4.75. The fraction of sp³-hybridized carbons (Fsp3) is 0.778. The molecule has 1 atom stereocenters. The van der Waals surface area contributed by atoms with Crippen LogP contribution in [0.5, 0.6) is 0 Å². The van der Waals surface area contributed by atoms with E-state index >= 15 is 0 Å². The molecule has 58 valence electrons. The van der Waals surface area contributed by atoms with Gasteiger partial charge in [0.25, 0.3) is 0 Å². The molecule has 0 N–H and O–H groups in total. The molecule has 1 aliphatic rings. The summed E-state index contributed by atoms with van der Waals surface area (Å²) in [6.07, 6.45) is 4.96. The zero-order chi connectivity index (χ0) is 7.56. The molecule has 1 heteroatoms. The molecule has 1 saturated heterocycles. The third kappa shape index (κ3) is 1.34. The quantitative estimate of drug-likeness (QED) is 0.497. The van der Waals surface area contributed by atoms with E-state index in [9.17, 15) is 0 Å². The minimum Gasteiger partial charge on any atom is -0.378 e. The van der Waals surface area contributed by atoms with E-state index in [1.807, 2.05) is 0 Å². The highest BCUT2D eigenvalue weighted by Gasteiger charge is 2.16. The van der Waals surface area contributed by atoms with Crippen molar-refractivity contribution in [1.29, 1.82) is 0 Å². The normalized spacial score (nSPS) is 31.3. The fourth-order valence-corrected chi connectivity index (χ4v) is 1.79. The Kier molecular flexibility index (Phi) is 2.36. The first-order valence-electron chi connectivity index (χ1n) is 4.13. The summed E-state index contributed by atoms with van der Waals surface area (Å²) in [5.74, 6) is 0.781. The zero-order valence-corrected chi connectivity index (χ0v) is 7.22. The summed E-state index contributed by atoms with van der Waals surface area (Å²) < 4.78 is 0. The summed E-state index contributed by atoms with van der Waals surface area (Å²) in [7, 11) is 2.19. The van der Waals surface area contributed by atoms with Gasteiger partial charge in [0.15, 0.2) is 0 Å². The molecule has 0 aromatic rings. The maximum absolute atomic E-state index is 2.37. The van der Waals surface area contributed by atoms with Crippen molar-refractivity contribution >= 4 is 0 Å². The van der Waals surface area contributed by atoms with Crippen LogP contribution >= 0.6 is 0 Å². The van der Waals surface area contributed by atoms with E-state index in [0.29, 0.717) is 0 Å². The lowest BCUT2D eigenvalue weighted by molar-refractivity contribution is 0.292. The van der Waals surface area contributed by atoms with Gasteiger partial charge in [-0.1, -0.05) is 13.0 Å². The predicted octanol–water partition coefficient (Wildman–Crippen LogP) is 2.25. The monoisotopic (exact) mass is 139 g/mol. The Bertz CT molecular complexity index is 126. The fourth-order valence-electron chi connectivity index (χ4n) is 1.79. The lowest BCUT2D eigenvalue weighted by Crippen LogP contribution is -2.28. The van der Waals surface area contributed by atoms with E-state index < -0.39 is 0 Å². The number of hydrogen-bond acceptors (Lipinski definition) is 1. The number of piperidine rings is 1. The van der Waals surface area contributed by atoms with Gasteiger partial charge < -0.3 is 4.90 Å². The number of allylic oxidation sites excluding steroid dienone is 2. The molecular weight excluding hydrogens is 122 g/mol. The topological polar surface area (TPSA) is 3.24 Å². The third-order valence-electron chi connectivity index (χ3n) is 2.37. The first-order valence-corrected chi connectivity index (χ1v) is 4.13. The van der Waals surface area contributed by atoms with Crippen LogP contribution in [0.2, 0.25) is 0 Å².